The minimum atomic E-state index is -0.295. The fourth-order valence-corrected chi connectivity index (χ4v) is 2.70. The van der Waals surface area contributed by atoms with Gasteiger partial charge in [0, 0.05) is 0 Å². The molecule has 0 aromatic rings. The highest BCUT2D eigenvalue weighted by Crippen LogP contribution is 2.38. The number of fused-ring (bicyclic) bond motifs is 3. The van der Waals surface area contributed by atoms with Crippen molar-refractivity contribution in [1.82, 2.24) is 0 Å². The molecule has 0 N–H and O–H groups in total. The number of rotatable bonds is 2. The van der Waals surface area contributed by atoms with Gasteiger partial charge in [-0.05, 0) is 19.6 Å². The van der Waals surface area contributed by atoms with Crippen LogP contribution in [-0.2, 0) is 23.4 Å². The zero-order valence-corrected chi connectivity index (χ0v) is 10.5. The fraction of sp³-hybridized carbons (Fsp3) is 1.00. The van der Waals surface area contributed by atoms with Gasteiger partial charge in [-0.2, -0.15) is 0 Å². The Morgan fingerprint density at radius 1 is 0.824 bits per heavy atom. The van der Waals surface area contributed by atoms with Gasteiger partial charge < -0.3 is 23.4 Å². The Morgan fingerprint density at radius 2 is 1.47 bits per heavy atom. The molecule has 0 aromatic heterocycles. The van der Waals surface area contributed by atoms with E-state index in [1.54, 1.807) is 0 Å². The van der Waals surface area contributed by atoms with Crippen LogP contribution in [0.15, 0.2) is 0 Å². The summed E-state index contributed by atoms with van der Waals surface area (Å²) in [6.07, 6.45) is 1.15. The van der Waals surface area contributed by atoms with Gasteiger partial charge in [-0.25, -0.2) is 0 Å². The molecule has 5 nitrogen and oxygen atoms in total. The van der Waals surface area contributed by atoms with Crippen LogP contribution in [0.3, 0.4) is 0 Å². The molecule has 3 aliphatic rings. The van der Waals surface area contributed by atoms with Gasteiger partial charge in [-0.15, -0.1) is 0 Å². The summed E-state index contributed by atoms with van der Waals surface area (Å²) in [5.41, 5.74) is 0. The van der Waals surface area contributed by atoms with E-state index in [4.69, 9.17) is 23.4 Å². The lowest BCUT2D eigenvalue weighted by molar-refractivity contribution is -0.125. The van der Waals surface area contributed by atoms with E-state index in [1.165, 1.54) is 0 Å². The van der Waals surface area contributed by atoms with Crippen molar-refractivity contribution in [3.05, 3.63) is 0 Å². The number of hydrogen-bond donors (Lipinski definition) is 0. The molecule has 0 spiro atoms. The predicted octanol–water partition coefficient (Wildman–Crippen LogP) is 0.947. The lowest BCUT2D eigenvalue weighted by atomic mass is 9.81. The monoisotopic (exact) mass is 240 g/mol. The largest absolute Gasteiger partial charge is 0.458 e. The summed E-state index contributed by atoms with van der Waals surface area (Å²) in [7, 11) is -0.314. The van der Waals surface area contributed by atoms with Crippen molar-refractivity contribution in [2.45, 2.75) is 64.1 Å². The molecular formula is C10H18B2O5. The van der Waals surface area contributed by atoms with Gasteiger partial charge in [-0.1, -0.05) is 13.8 Å². The molecule has 3 heterocycles. The molecule has 3 aliphatic heterocycles. The first-order chi connectivity index (χ1) is 8.22. The van der Waals surface area contributed by atoms with E-state index in [2.05, 4.69) is 0 Å². The van der Waals surface area contributed by atoms with Crippen LogP contribution >= 0.6 is 0 Å². The summed E-state index contributed by atoms with van der Waals surface area (Å²) >= 11 is 0. The molecule has 5 unspecified atom stereocenters. The molecule has 0 amide bonds. The van der Waals surface area contributed by atoms with Crippen molar-refractivity contribution in [2.24, 2.45) is 0 Å². The maximum Gasteiger partial charge on any atom is 0.458 e. The third-order valence-electron chi connectivity index (χ3n) is 3.61. The van der Waals surface area contributed by atoms with Crippen LogP contribution in [-0.4, -0.2) is 44.9 Å². The van der Waals surface area contributed by atoms with Crippen molar-refractivity contribution >= 4 is 14.2 Å². The molecule has 17 heavy (non-hydrogen) atoms. The average Bonchev–Trinajstić information content (AvgIpc) is 2.86. The normalized spacial score (nSPS) is 45.0. The minimum Gasteiger partial charge on any atom is -0.406 e. The summed E-state index contributed by atoms with van der Waals surface area (Å²) in [5.74, 6) is 0. The van der Waals surface area contributed by atoms with Gasteiger partial charge in [0.05, 0.1) is 6.10 Å². The van der Waals surface area contributed by atoms with Crippen molar-refractivity contribution < 1.29 is 23.4 Å². The average molecular weight is 240 g/mol. The fourth-order valence-electron chi connectivity index (χ4n) is 2.70. The van der Waals surface area contributed by atoms with Crippen LogP contribution in [0.1, 0.15) is 20.8 Å². The first-order valence-electron chi connectivity index (χ1n) is 6.50. The third kappa shape index (κ3) is 1.94. The molecule has 5 atom stereocenters. The molecule has 0 saturated carbocycles. The highest BCUT2D eigenvalue weighted by molar-refractivity contribution is 6.45. The molecule has 3 saturated heterocycles. The van der Waals surface area contributed by atoms with E-state index in [9.17, 15) is 0 Å². The van der Waals surface area contributed by atoms with Crippen LogP contribution in [0.2, 0.25) is 12.6 Å². The van der Waals surface area contributed by atoms with Gasteiger partial charge in [0.2, 0.25) is 0 Å². The van der Waals surface area contributed by atoms with Crippen LogP contribution in [0.5, 0.6) is 0 Å². The van der Waals surface area contributed by atoms with E-state index >= 15 is 0 Å². The highest BCUT2D eigenvalue weighted by atomic mass is 16.8. The molecular weight excluding hydrogens is 222 g/mol. The second-order valence-corrected chi connectivity index (χ2v) is 4.82. The molecule has 0 aromatic carbocycles. The van der Waals surface area contributed by atoms with Crippen molar-refractivity contribution in [3.63, 3.8) is 0 Å². The highest BCUT2D eigenvalue weighted by Gasteiger charge is 2.57. The molecule has 0 bridgehead atoms. The van der Waals surface area contributed by atoms with Gasteiger partial charge >= 0.3 is 14.2 Å². The zero-order chi connectivity index (χ0) is 12.0. The van der Waals surface area contributed by atoms with E-state index in [-0.39, 0.29) is 44.9 Å². The summed E-state index contributed by atoms with van der Waals surface area (Å²) < 4.78 is 28.9. The quantitative estimate of drug-likeness (QED) is 0.672. The Morgan fingerprint density at radius 3 is 2.18 bits per heavy atom. The van der Waals surface area contributed by atoms with E-state index in [1.807, 2.05) is 20.8 Å². The topological polar surface area (TPSA) is 46.2 Å². The number of ether oxygens (including phenoxy) is 1. The van der Waals surface area contributed by atoms with E-state index in [0.29, 0.717) is 0 Å². The van der Waals surface area contributed by atoms with E-state index in [0.717, 1.165) is 12.6 Å². The Bertz CT molecular complexity index is 292. The van der Waals surface area contributed by atoms with Crippen LogP contribution in [0.25, 0.3) is 0 Å². The number of hydrogen-bond acceptors (Lipinski definition) is 5. The Labute approximate surface area is 102 Å². The van der Waals surface area contributed by atoms with Crippen LogP contribution in [0.4, 0.5) is 0 Å². The summed E-state index contributed by atoms with van der Waals surface area (Å²) in [6, 6.07) is 0. The second kappa shape index (κ2) is 4.55. The maximum absolute atomic E-state index is 5.88. The lowest BCUT2D eigenvalue weighted by Gasteiger charge is -2.36. The first-order valence-corrected chi connectivity index (χ1v) is 6.50. The first kappa shape index (κ1) is 12.0. The van der Waals surface area contributed by atoms with Crippen molar-refractivity contribution in [2.75, 3.05) is 0 Å². The zero-order valence-electron chi connectivity index (χ0n) is 10.5. The van der Waals surface area contributed by atoms with Crippen molar-refractivity contribution in [1.29, 1.82) is 0 Å². The van der Waals surface area contributed by atoms with Gasteiger partial charge in [-0.3, -0.25) is 0 Å². The summed E-state index contributed by atoms with van der Waals surface area (Å²) in [6.45, 7) is 6.10. The van der Waals surface area contributed by atoms with Gasteiger partial charge in [0.15, 0.2) is 6.29 Å². The Kier molecular flexibility index (Phi) is 3.21. The summed E-state index contributed by atoms with van der Waals surface area (Å²) in [4.78, 5) is 0. The van der Waals surface area contributed by atoms with Crippen molar-refractivity contribution in [3.8, 4) is 0 Å². The van der Waals surface area contributed by atoms with E-state index < -0.39 is 0 Å². The second-order valence-electron chi connectivity index (χ2n) is 4.82. The molecule has 3 rings (SSSR count). The third-order valence-corrected chi connectivity index (χ3v) is 3.61. The summed E-state index contributed by atoms with van der Waals surface area (Å²) in [5, 5.41) is 0. The lowest BCUT2D eigenvalue weighted by Crippen LogP contribution is -2.52. The van der Waals surface area contributed by atoms with Gasteiger partial charge in [0.1, 0.15) is 18.3 Å². The standard InChI is InChI=1S/C10H18B2O5/c1-4-11-14-6(3)7-8(15-11)9-10(13-7)17-12(5-2)16-9/h6-10H,4-5H2,1-3H3. The Balaban J connectivity index is 1.73. The molecule has 7 heteroatoms. The molecule has 94 valence electrons. The smallest absolute Gasteiger partial charge is 0.406 e. The Hall–Kier alpha value is -0.0701. The van der Waals surface area contributed by atoms with Gasteiger partial charge in [0.25, 0.3) is 0 Å². The molecule has 0 radical (unpaired) electrons. The molecule has 0 aliphatic carbocycles. The predicted molar refractivity (Wildman–Crippen MR) is 62.5 cm³/mol. The minimum absolute atomic E-state index is 0.0246. The maximum atomic E-state index is 5.88. The van der Waals surface area contributed by atoms with Crippen LogP contribution < -0.4 is 0 Å². The SMILES string of the molecule is CCB1OC2OC3C(C)OB(CC)OC3C2O1. The molecule has 3 fully saturated rings. The van der Waals surface area contributed by atoms with Crippen LogP contribution in [0, 0.1) is 0 Å².